The first-order valence-electron chi connectivity index (χ1n) is 10.6. The molecule has 1 aliphatic rings. The number of piperidine rings is 1. The van der Waals surface area contributed by atoms with Gasteiger partial charge >= 0.3 is 5.97 Å². The van der Waals surface area contributed by atoms with E-state index in [0.717, 1.165) is 19.3 Å². The molecule has 1 aromatic heterocycles. The van der Waals surface area contributed by atoms with E-state index in [2.05, 4.69) is 10.2 Å². The molecule has 0 bridgehead atoms. The SMILES string of the molecule is CC1CCCCN1S(=O)(=O)c1ccc(C(=O)OCc2nnc(-c3ccc([N+](=O)[O-])cc3)o2)cc1. The van der Waals surface area contributed by atoms with Crippen LogP contribution in [0.3, 0.4) is 0 Å². The monoisotopic (exact) mass is 486 g/mol. The molecule has 2 aromatic carbocycles. The summed E-state index contributed by atoms with van der Waals surface area (Å²) in [5, 5.41) is 18.4. The molecule has 0 spiro atoms. The van der Waals surface area contributed by atoms with Crippen molar-refractivity contribution in [1.82, 2.24) is 14.5 Å². The van der Waals surface area contributed by atoms with E-state index in [1.54, 1.807) is 0 Å². The zero-order valence-electron chi connectivity index (χ0n) is 18.3. The third kappa shape index (κ3) is 4.97. The number of esters is 1. The number of carbonyl (C=O) groups is 1. The minimum Gasteiger partial charge on any atom is -0.452 e. The highest BCUT2D eigenvalue weighted by atomic mass is 32.2. The molecule has 1 saturated heterocycles. The summed E-state index contributed by atoms with van der Waals surface area (Å²) >= 11 is 0. The van der Waals surface area contributed by atoms with Gasteiger partial charge in [-0.3, -0.25) is 10.1 Å². The Kier molecular flexibility index (Phi) is 6.70. The molecule has 3 aromatic rings. The number of nitro groups is 1. The molecule has 4 rings (SSSR count). The molecule has 0 saturated carbocycles. The van der Waals surface area contributed by atoms with Gasteiger partial charge in [-0.1, -0.05) is 6.42 Å². The molecular formula is C22H22N4O7S. The van der Waals surface area contributed by atoms with Crippen LogP contribution in [0.2, 0.25) is 0 Å². The highest BCUT2D eigenvalue weighted by molar-refractivity contribution is 7.89. The van der Waals surface area contributed by atoms with Gasteiger partial charge in [-0.05, 0) is 56.2 Å². The fourth-order valence-electron chi connectivity index (χ4n) is 3.69. The zero-order valence-corrected chi connectivity index (χ0v) is 19.1. The van der Waals surface area contributed by atoms with Crippen molar-refractivity contribution < 1.29 is 27.3 Å². The number of nitrogens with zero attached hydrogens (tertiary/aromatic N) is 4. The van der Waals surface area contributed by atoms with Gasteiger partial charge in [0.2, 0.25) is 15.9 Å². The highest BCUT2D eigenvalue weighted by Crippen LogP contribution is 2.25. The van der Waals surface area contributed by atoms with E-state index in [0.29, 0.717) is 12.1 Å². The minimum absolute atomic E-state index is 0.0417. The number of aromatic nitrogens is 2. The largest absolute Gasteiger partial charge is 0.452 e. The van der Waals surface area contributed by atoms with E-state index in [1.165, 1.54) is 52.8 Å². The molecule has 1 fully saturated rings. The van der Waals surface area contributed by atoms with Gasteiger partial charge in [-0.2, -0.15) is 4.31 Å². The number of non-ortho nitro benzene ring substituents is 1. The highest BCUT2D eigenvalue weighted by Gasteiger charge is 2.31. The molecule has 12 heteroatoms. The lowest BCUT2D eigenvalue weighted by Gasteiger charge is -2.32. The maximum absolute atomic E-state index is 12.9. The fraction of sp³-hybridized carbons (Fsp3) is 0.318. The van der Waals surface area contributed by atoms with Crippen molar-refractivity contribution in [2.24, 2.45) is 0 Å². The van der Waals surface area contributed by atoms with Gasteiger partial charge < -0.3 is 9.15 Å². The Labute approximate surface area is 195 Å². The maximum Gasteiger partial charge on any atom is 0.338 e. The number of hydrogen-bond donors (Lipinski definition) is 0. The Morgan fingerprint density at radius 2 is 1.85 bits per heavy atom. The van der Waals surface area contributed by atoms with E-state index < -0.39 is 20.9 Å². The van der Waals surface area contributed by atoms with Crippen LogP contribution >= 0.6 is 0 Å². The molecule has 11 nitrogen and oxygen atoms in total. The number of nitro benzene ring substituents is 1. The Bertz CT molecular complexity index is 1290. The van der Waals surface area contributed by atoms with Crippen molar-refractivity contribution in [2.45, 2.75) is 43.7 Å². The van der Waals surface area contributed by atoms with Crippen LogP contribution in [0.4, 0.5) is 5.69 Å². The summed E-state index contributed by atoms with van der Waals surface area (Å²) in [7, 11) is -3.63. The van der Waals surface area contributed by atoms with E-state index >= 15 is 0 Å². The van der Waals surface area contributed by atoms with Crippen molar-refractivity contribution in [2.75, 3.05) is 6.54 Å². The second-order valence-corrected chi connectivity index (χ2v) is 9.76. The topological polar surface area (TPSA) is 146 Å². The van der Waals surface area contributed by atoms with Crippen molar-refractivity contribution in [1.29, 1.82) is 0 Å². The molecule has 1 atom stereocenters. The lowest BCUT2D eigenvalue weighted by Crippen LogP contribution is -2.41. The average molecular weight is 487 g/mol. The van der Waals surface area contributed by atoms with Gasteiger partial charge in [0.25, 0.3) is 11.6 Å². The van der Waals surface area contributed by atoms with Crippen LogP contribution in [0.25, 0.3) is 11.5 Å². The maximum atomic E-state index is 12.9. The number of carbonyl (C=O) groups excluding carboxylic acids is 1. The lowest BCUT2D eigenvalue weighted by molar-refractivity contribution is -0.384. The van der Waals surface area contributed by atoms with Crippen molar-refractivity contribution in [3.05, 3.63) is 70.1 Å². The molecule has 34 heavy (non-hydrogen) atoms. The van der Waals surface area contributed by atoms with Gasteiger partial charge in [-0.15, -0.1) is 10.2 Å². The molecule has 0 N–H and O–H groups in total. The van der Waals surface area contributed by atoms with Gasteiger partial charge in [0.15, 0.2) is 6.61 Å². The van der Waals surface area contributed by atoms with Crippen molar-refractivity contribution in [3.8, 4) is 11.5 Å². The Balaban J connectivity index is 1.38. The summed E-state index contributed by atoms with van der Waals surface area (Å²) in [5.41, 5.74) is 0.595. The molecular weight excluding hydrogens is 464 g/mol. The van der Waals surface area contributed by atoms with Crippen LogP contribution in [0.5, 0.6) is 0 Å². The normalized spacial score (nSPS) is 16.8. The number of rotatable bonds is 7. The average Bonchev–Trinajstić information content (AvgIpc) is 3.32. The summed E-state index contributed by atoms with van der Waals surface area (Å²) in [6.45, 7) is 2.09. The Morgan fingerprint density at radius 3 is 2.50 bits per heavy atom. The molecule has 0 radical (unpaired) electrons. The van der Waals surface area contributed by atoms with Gasteiger partial charge in [-0.25, -0.2) is 13.2 Å². The van der Waals surface area contributed by atoms with Crippen LogP contribution in [-0.2, 0) is 21.4 Å². The van der Waals surface area contributed by atoms with Crippen LogP contribution in [0.15, 0.2) is 57.8 Å². The van der Waals surface area contributed by atoms with Crippen LogP contribution < -0.4 is 0 Å². The molecule has 1 aliphatic heterocycles. The third-order valence-electron chi connectivity index (χ3n) is 5.56. The number of hydrogen-bond acceptors (Lipinski definition) is 9. The van der Waals surface area contributed by atoms with E-state index in [-0.39, 0.29) is 40.6 Å². The summed E-state index contributed by atoms with van der Waals surface area (Å²) in [5.74, 6) is -0.507. The minimum atomic E-state index is -3.63. The summed E-state index contributed by atoms with van der Waals surface area (Å²) < 4.78 is 38.0. The predicted octanol–water partition coefficient (Wildman–Crippen LogP) is 3.56. The second-order valence-electron chi connectivity index (χ2n) is 7.87. The molecule has 178 valence electrons. The van der Waals surface area contributed by atoms with Crippen molar-refractivity contribution >= 4 is 21.7 Å². The van der Waals surface area contributed by atoms with Crippen LogP contribution in [0.1, 0.15) is 42.4 Å². The Morgan fingerprint density at radius 1 is 1.15 bits per heavy atom. The molecule has 1 unspecified atom stereocenters. The third-order valence-corrected chi connectivity index (χ3v) is 7.59. The zero-order chi connectivity index (χ0) is 24.3. The quantitative estimate of drug-likeness (QED) is 0.278. The smallest absolute Gasteiger partial charge is 0.338 e. The van der Waals surface area contributed by atoms with E-state index in [1.807, 2.05) is 6.92 Å². The van der Waals surface area contributed by atoms with Crippen molar-refractivity contribution in [3.63, 3.8) is 0 Å². The van der Waals surface area contributed by atoms with Crippen LogP contribution in [-0.4, -0.2) is 46.4 Å². The summed E-state index contributed by atoms with van der Waals surface area (Å²) in [4.78, 5) is 22.7. The number of benzene rings is 2. The van der Waals surface area contributed by atoms with Gasteiger partial charge in [0.1, 0.15) is 0 Å². The molecule has 0 amide bonds. The van der Waals surface area contributed by atoms with Gasteiger partial charge in [0.05, 0.1) is 15.4 Å². The molecule has 0 aliphatic carbocycles. The van der Waals surface area contributed by atoms with E-state index in [9.17, 15) is 23.3 Å². The first-order valence-corrected chi connectivity index (χ1v) is 12.1. The lowest BCUT2D eigenvalue weighted by atomic mass is 10.1. The van der Waals surface area contributed by atoms with Gasteiger partial charge in [0, 0.05) is 30.3 Å². The first-order chi connectivity index (χ1) is 16.3. The standard InChI is InChI=1S/C22H22N4O7S/c1-15-4-2-3-13-25(15)34(30,31)19-11-7-17(8-12-19)22(27)32-14-20-23-24-21(33-20)16-5-9-18(10-6-16)26(28)29/h5-12,15H,2-4,13-14H2,1H3. The number of ether oxygens (including phenoxy) is 1. The predicted molar refractivity (Wildman–Crippen MR) is 119 cm³/mol. The summed E-state index contributed by atoms with van der Waals surface area (Å²) in [6.07, 6.45) is 2.66. The first kappa shape index (κ1) is 23.5. The summed E-state index contributed by atoms with van der Waals surface area (Å²) in [6, 6.07) is 11.1. The fourth-order valence-corrected chi connectivity index (χ4v) is 5.39. The second kappa shape index (κ2) is 9.69. The van der Waals surface area contributed by atoms with E-state index in [4.69, 9.17) is 9.15 Å². The Hall–Kier alpha value is -3.64. The van der Waals surface area contributed by atoms with Crippen LogP contribution in [0, 0.1) is 10.1 Å². The molecule has 2 heterocycles. The number of sulfonamides is 1.